The standard InChI is InChI=1S/C21H23N3O3/c1-5-10-24-14(2)11-16(15(24)3)12-17(13-22)20(25)23-19-9-7-6-8-18(19)21(26)27-4/h6-9,11-12H,5,10H2,1-4H3,(H,23,25)/b17-12-. The van der Waals surface area contributed by atoms with E-state index in [9.17, 15) is 14.9 Å². The van der Waals surface area contributed by atoms with Crippen LogP contribution in [0.3, 0.4) is 0 Å². The number of aromatic nitrogens is 1. The van der Waals surface area contributed by atoms with E-state index in [1.807, 2.05) is 26.0 Å². The summed E-state index contributed by atoms with van der Waals surface area (Å²) in [6, 6.07) is 10.4. The predicted octanol–water partition coefficient (Wildman–Crippen LogP) is 3.85. The summed E-state index contributed by atoms with van der Waals surface area (Å²) >= 11 is 0. The summed E-state index contributed by atoms with van der Waals surface area (Å²) in [5.74, 6) is -1.13. The minimum atomic E-state index is -0.575. The van der Waals surface area contributed by atoms with Crippen LogP contribution >= 0.6 is 0 Å². The number of para-hydroxylation sites is 1. The number of nitriles is 1. The first kappa shape index (κ1) is 20.0. The highest BCUT2D eigenvalue weighted by Gasteiger charge is 2.17. The van der Waals surface area contributed by atoms with Gasteiger partial charge in [0.2, 0.25) is 0 Å². The van der Waals surface area contributed by atoms with Gasteiger partial charge in [0.1, 0.15) is 11.6 Å². The Kier molecular flexibility index (Phi) is 6.56. The number of aryl methyl sites for hydroxylation is 1. The molecule has 2 aromatic rings. The van der Waals surface area contributed by atoms with Gasteiger partial charge in [0.15, 0.2) is 0 Å². The van der Waals surface area contributed by atoms with Gasteiger partial charge in [-0.25, -0.2) is 4.79 Å². The van der Waals surface area contributed by atoms with Gasteiger partial charge in [0.05, 0.1) is 18.4 Å². The summed E-state index contributed by atoms with van der Waals surface area (Å²) in [7, 11) is 1.27. The number of hydrogen-bond donors (Lipinski definition) is 1. The molecule has 0 aliphatic rings. The molecule has 1 N–H and O–H groups in total. The fraction of sp³-hybridized carbons (Fsp3) is 0.286. The number of ether oxygens (including phenoxy) is 1. The highest BCUT2D eigenvalue weighted by molar-refractivity contribution is 6.12. The number of carbonyl (C=O) groups is 2. The lowest BCUT2D eigenvalue weighted by Gasteiger charge is -2.09. The van der Waals surface area contributed by atoms with E-state index in [1.165, 1.54) is 7.11 Å². The van der Waals surface area contributed by atoms with Gasteiger partial charge < -0.3 is 14.6 Å². The molecule has 1 aromatic heterocycles. The number of methoxy groups -OCH3 is 1. The molecule has 0 saturated carbocycles. The van der Waals surface area contributed by atoms with Crippen molar-refractivity contribution in [3.63, 3.8) is 0 Å². The van der Waals surface area contributed by atoms with Crippen LogP contribution in [0.1, 0.15) is 40.7 Å². The predicted molar refractivity (Wildman–Crippen MR) is 104 cm³/mol. The Morgan fingerprint density at radius 2 is 2.00 bits per heavy atom. The van der Waals surface area contributed by atoms with E-state index in [0.29, 0.717) is 5.69 Å². The van der Waals surface area contributed by atoms with Gasteiger partial charge in [0, 0.05) is 17.9 Å². The molecule has 0 aliphatic carbocycles. The summed E-state index contributed by atoms with van der Waals surface area (Å²) < 4.78 is 6.88. The summed E-state index contributed by atoms with van der Waals surface area (Å²) in [4.78, 5) is 24.4. The zero-order valence-electron chi connectivity index (χ0n) is 16.0. The van der Waals surface area contributed by atoms with Gasteiger partial charge in [-0.2, -0.15) is 5.26 Å². The normalized spacial score (nSPS) is 11.0. The number of esters is 1. The molecular weight excluding hydrogens is 342 g/mol. The topological polar surface area (TPSA) is 84.1 Å². The van der Waals surface area contributed by atoms with Crippen molar-refractivity contribution in [1.29, 1.82) is 5.26 Å². The molecular formula is C21H23N3O3. The second-order valence-corrected chi connectivity index (χ2v) is 6.14. The van der Waals surface area contributed by atoms with E-state index in [0.717, 1.165) is 29.9 Å². The third-order valence-electron chi connectivity index (χ3n) is 4.31. The van der Waals surface area contributed by atoms with Crippen molar-refractivity contribution in [1.82, 2.24) is 4.57 Å². The molecule has 1 aromatic carbocycles. The van der Waals surface area contributed by atoms with Crippen molar-refractivity contribution in [2.45, 2.75) is 33.7 Å². The summed E-state index contributed by atoms with van der Waals surface area (Å²) in [6.07, 6.45) is 2.57. The molecule has 1 amide bonds. The van der Waals surface area contributed by atoms with Gasteiger partial charge in [-0.3, -0.25) is 4.79 Å². The lowest BCUT2D eigenvalue weighted by Crippen LogP contribution is -2.16. The molecule has 0 aliphatic heterocycles. The third kappa shape index (κ3) is 4.45. The van der Waals surface area contributed by atoms with E-state index < -0.39 is 11.9 Å². The van der Waals surface area contributed by atoms with Gasteiger partial charge in [-0.15, -0.1) is 0 Å². The first-order valence-corrected chi connectivity index (χ1v) is 8.70. The van der Waals surface area contributed by atoms with Crippen molar-refractivity contribution >= 4 is 23.6 Å². The molecule has 0 saturated heterocycles. The first-order chi connectivity index (χ1) is 12.9. The van der Waals surface area contributed by atoms with Gasteiger partial charge in [0.25, 0.3) is 5.91 Å². The van der Waals surface area contributed by atoms with Crippen LogP contribution in [0.15, 0.2) is 35.9 Å². The van der Waals surface area contributed by atoms with E-state index in [-0.39, 0.29) is 11.1 Å². The van der Waals surface area contributed by atoms with Crippen molar-refractivity contribution in [3.05, 3.63) is 58.4 Å². The number of hydrogen-bond acceptors (Lipinski definition) is 4. The Hall–Kier alpha value is -3.33. The Labute approximate surface area is 159 Å². The molecule has 0 radical (unpaired) electrons. The number of anilines is 1. The monoisotopic (exact) mass is 365 g/mol. The number of nitrogens with one attached hydrogen (secondary N) is 1. The van der Waals surface area contributed by atoms with Crippen LogP contribution in [0.2, 0.25) is 0 Å². The molecule has 0 atom stereocenters. The van der Waals surface area contributed by atoms with Crippen LogP contribution in [0.25, 0.3) is 6.08 Å². The average molecular weight is 365 g/mol. The fourth-order valence-electron chi connectivity index (χ4n) is 2.92. The molecule has 2 rings (SSSR count). The average Bonchev–Trinajstić information content (AvgIpc) is 2.93. The van der Waals surface area contributed by atoms with Crippen LogP contribution in [-0.2, 0) is 16.1 Å². The van der Waals surface area contributed by atoms with Crippen molar-refractivity contribution in [2.75, 3.05) is 12.4 Å². The minimum Gasteiger partial charge on any atom is -0.465 e. The number of benzene rings is 1. The van der Waals surface area contributed by atoms with Gasteiger partial charge in [-0.05, 0) is 50.1 Å². The summed E-state index contributed by atoms with van der Waals surface area (Å²) in [6.45, 7) is 6.94. The molecule has 6 nitrogen and oxygen atoms in total. The van der Waals surface area contributed by atoms with Gasteiger partial charge in [-0.1, -0.05) is 19.1 Å². The lowest BCUT2D eigenvalue weighted by atomic mass is 10.1. The second kappa shape index (κ2) is 8.86. The van der Waals surface area contributed by atoms with Crippen LogP contribution in [-0.4, -0.2) is 23.6 Å². The number of rotatable bonds is 6. The molecule has 140 valence electrons. The Morgan fingerprint density at radius 3 is 2.63 bits per heavy atom. The van der Waals surface area contributed by atoms with Crippen molar-refractivity contribution in [2.24, 2.45) is 0 Å². The zero-order valence-corrected chi connectivity index (χ0v) is 16.0. The Balaban J connectivity index is 2.33. The molecule has 0 fully saturated rings. The smallest absolute Gasteiger partial charge is 0.339 e. The maximum atomic E-state index is 12.6. The van der Waals surface area contributed by atoms with Crippen molar-refractivity contribution < 1.29 is 14.3 Å². The molecule has 0 spiro atoms. The summed E-state index contributed by atoms with van der Waals surface area (Å²) in [5.41, 5.74) is 3.40. The molecule has 27 heavy (non-hydrogen) atoms. The molecule has 0 unspecified atom stereocenters. The van der Waals surface area contributed by atoms with Crippen LogP contribution < -0.4 is 5.32 Å². The maximum Gasteiger partial charge on any atom is 0.339 e. The third-order valence-corrected chi connectivity index (χ3v) is 4.31. The largest absolute Gasteiger partial charge is 0.465 e. The van der Waals surface area contributed by atoms with E-state index in [4.69, 9.17) is 4.74 Å². The van der Waals surface area contributed by atoms with Crippen molar-refractivity contribution in [3.8, 4) is 6.07 Å². The molecule has 0 bridgehead atoms. The number of nitrogens with zero attached hydrogens (tertiary/aromatic N) is 2. The Morgan fingerprint density at radius 1 is 1.30 bits per heavy atom. The number of carbonyl (C=O) groups excluding carboxylic acids is 2. The quantitative estimate of drug-likeness (QED) is 0.479. The molecule has 1 heterocycles. The van der Waals surface area contributed by atoms with Crippen LogP contribution in [0.4, 0.5) is 5.69 Å². The Bertz CT molecular complexity index is 933. The van der Waals surface area contributed by atoms with Crippen LogP contribution in [0.5, 0.6) is 0 Å². The van der Waals surface area contributed by atoms with Gasteiger partial charge >= 0.3 is 5.97 Å². The first-order valence-electron chi connectivity index (χ1n) is 8.70. The SMILES string of the molecule is CCCn1c(C)cc(/C=C(/C#N)C(=O)Nc2ccccc2C(=O)OC)c1C. The number of amides is 1. The second-order valence-electron chi connectivity index (χ2n) is 6.14. The highest BCUT2D eigenvalue weighted by Crippen LogP contribution is 2.21. The van der Waals surface area contributed by atoms with E-state index in [1.54, 1.807) is 30.3 Å². The fourth-order valence-corrected chi connectivity index (χ4v) is 2.92. The maximum absolute atomic E-state index is 12.6. The van der Waals surface area contributed by atoms with E-state index >= 15 is 0 Å². The minimum absolute atomic E-state index is 0.0357. The summed E-state index contributed by atoms with van der Waals surface area (Å²) in [5, 5.41) is 12.1. The van der Waals surface area contributed by atoms with E-state index in [2.05, 4.69) is 16.8 Å². The zero-order chi connectivity index (χ0) is 20.0. The van der Waals surface area contributed by atoms with Crippen LogP contribution in [0, 0.1) is 25.2 Å². The molecule has 6 heteroatoms. The highest BCUT2D eigenvalue weighted by atomic mass is 16.5. The lowest BCUT2D eigenvalue weighted by molar-refractivity contribution is -0.112.